The van der Waals surface area contributed by atoms with Crippen LogP contribution in [-0.2, 0) is 4.79 Å². The third-order valence-electron chi connectivity index (χ3n) is 6.45. The van der Waals surface area contributed by atoms with Gasteiger partial charge in [0.15, 0.2) is 0 Å². The van der Waals surface area contributed by atoms with Crippen molar-refractivity contribution in [3.8, 4) is 6.07 Å². The van der Waals surface area contributed by atoms with Crippen molar-refractivity contribution in [1.82, 2.24) is 20.2 Å². The van der Waals surface area contributed by atoms with E-state index in [1.54, 1.807) is 18.5 Å². The molecule has 2 aliphatic rings. The van der Waals surface area contributed by atoms with Crippen molar-refractivity contribution in [3.63, 3.8) is 0 Å². The van der Waals surface area contributed by atoms with E-state index in [1.807, 2.05) is 13.1 Å². The van der Waals surface area contributed by atoms with Crippen molar-refractivity contribution in [1.29, 1.82) is 5.26 Å². The Morgan fingerprint density at radius 3 is 2.68 bits per heavy atom. The standard InChI is InChI=1S/C23H29FN6O/c1-16-11-18(28-20(31)12-23(24)5-9-29(2)10-6-23)15-30(14-16)19-4-3-17(13-25)21-22(19)27-8-7-26-21/h3-4,7-8,16,18H,5-6,9-12,14-15H2,1-2H3,(H,28,31)/t16-,18+/m0/s1. The Labute approximate surface area is 182 Å². The van der Waals surface area contributed by atoms with Crippen LogP contribution in [0.2, 0.25) is 0 Å². The van der Waals surface area contributed by atoms with Crippen LogP contribution in [0.4, 0.5) is 10.1 Å². The molecule has 4 rings (SSSR count). The number of carbonyl (C=O) groups excluding carboxylic acids is 1. The molecule has 164 valence electrons. The van der Waals surface area contributed by atoms with E-state index >= 15 is 4.39 Å². The first-order chi connectivity index (χ1) is 14.9. The van der Waals surface area contributed by atoms with Crippen LogP contribution in [0, 0.1) is 17.2 Å². The summed E-state index contributed by atoms with van der Waals surface area (Å²) in [6.07, 6.45) is 4.80. The first kappa shape index (κ1) is 21.4. The molecule has 3 heterocycles. The van der Waals surface area contributed by atoms with Crippen LogP contribution < -0.4 is 10.2 Å². The van der Waals surface area contributed by atoms with Crippen molar-refractivity contribution in [2.75, 3.05) is 38.1 Å². The van der Waals surface area contributed by atoms with Gasteiger partial charge in [0.25, 0.3) is 0 Å². The van der Waals surface area contributed by atoms with E-state index in [2.05, 4.69) is 38.1 Å². The number of benzene rings is 1. The van der Waals surface area contributed by atoms with Gasteiger partial charge < -0.3 is 15.1 Å². The Hall–Kier alpha value is -2.79. The number of likely N-dealkylation sites (tertiary alicyclic amines) is 1. The predicted octanol–water partition coefficient (Wildman–Crippen LogP) is 2.66. The van der Waals surface area contributed by atoms with Gasteiger partial charge in [0.2, 0.25) is 5.91 Å². The maximum absolute atomic E-state index is 15.1. The average Bonchev–Trinajstić information content (AvgIpc) is 2.74. The lowest BCUT2D eigenvalue weighted by Gasteiger charge is -2.39. The zero-order valence-corrected chi connectivity index (χ0v) is 18.1. The molecular weight excluding hydrogens is 395 g/mol. The molecule has 2 saturated heterocycles. The SMILES string of the molecule is C[C@H]1C[C@@H](NC(=O)CC2(F)CCN(C)CC2)CN(c2ccc(C#N)c3nccnc23)C1. The Morgan fingerprint density at radius 2 is 1.97 bits per heavy atom. The molecule has 1 aromatic carbocycles. The van der Waals surface area contributed by atoms with Gasteiger partial charge in [-0.05, 0) is 44.4 Å². The van der Waals surface area contributed by atoms with Crippen molar-refractivity contribution in [3.05, 3.63) is 30.1 Å². The fourth-order valence-corrected chi connectivity index (χ4v) is 4.80. The Bertz CT molecular complexity index is 997. The first-order valence-electron chi connectivity index (χ1n) is 10.9. The maximum atomic E-state index is 15.1. The van der Waals surface area contributed by atoms with Crippen molar-refractivity contribution in [2.24, 2.45) is 5.92 Å². The number of nitrogens with zero attached hydrogens (tertiary/aromatic N) is 5. The molecule has 1 N–H and O–H groups in total. The molecule has 0 saturated carbocycles. The van der Waals surface area contributed by atoms with Crippen LogP contribution in [0.15, 0.2) is 24.5 Å². The highest BCUT2D eigenvalue weighted by molar-refractivity contribution is 5.92. The number of carbonyl (C=O) groups is 1. The van der Waals surface area contributed by atoms with Gasteiger partial charge in [0, 0.05) is 44.6 Å². The Balaban J connectivity index is 1.47. The largest absolute Gasteiger partial charge is 0.367 e. The summed E-state index contributed by atoms with van der Waals surface area (Å²) in [6, 6.07) is 5.78. The van der Waals surface area contributed by atoms with Crippen molar-refractivity contribution >= 4 is 22.6 Å². The molecule has 2 atom stereocenters. The topological polar surface area (TPSA) is 85.2 Å². The van der Waals surface area contributed by atoms with Gasteiger partial charge in [0.05, 0.1) is 17.7 Å². The highest BCUT2D eigenvalue weighted by Gasteiger charge is 2.37. The van der Waals surface area contributed by atoms with Gasteiger partial charge in [0.1, 0.15) is 22.8 Å². The van der Waals surface area contributed by atoms with E-state index in [9.17, 15) is 10.1 Å². The molecule has 2 aliphatic heterocycles. The van der Waals surface area contributed by atoms with Crippen LogP contribution in [0.25, 0.3) is 11.0 Å². The van der Waals surface area contributed by atoms with Crippen molar-refractivity contribution in [2.45, 2.75) is 44.3 Å². The molecule has 0 bridgehead atoms. The molecule has 1 amide bonds. The lowest BCUT2D eigenvalue weighted by molar-refractivity contribution is -0.125. The molecule has 2 fully saturated rings. The molecule has 0 radical (unpaired) electrons. The van der Waals surface area contributed by atoms with Crippen LogP contribution in [-0.4, -0.2) is 65.7 Å². The number of piperidine rings is 2. The van der Waals surface area contributed by atoms with Gasteiger partial charge in [-0.3, -0.25) is 14.8 Å². The Kier molecular flexibility index (Phi) is 6.05. The highest BCUT2D eigenvalue weighted by Crippen LogP contribution is 2.31. The van der Waals surface area contributed by atoms with Crippen LogP contribution in [0.5, 0.6) is 0 Å². The molecule has 31 heavy (non-hydrogen) atoms. The highest BCUT2D eigenvalue weighted by atomic mass is 19.1. The fourth-order valence-electron chi connectivity index (χ4n) is 4.80. The number of nitrogens with one attached hydrogen (secondary N) is 1. The van der Waals surface area contributed by atoms with Crippen LogP contribution in [0.3, 0.4) is 0 Å². The van der Waals surface area contributed by atoms with Gasteiger partial charge in [-0.15, -0.1) is 0 Å². The van der Waals surface area contributed by atoms with Gasteiger partial charge >= 0.3 is 0 Å². The summed E-state index contributed by atoms with van der Waals surface area (Å²) in [5, 5.41) is 12.5. The quantitative estimate of drug-likeness (QED) is 0.812. The third-order valence-corrected chi connectivity index (χ3v) is 6.45. The number of alkyl halides is 1. The normalized spacial score (nSPS) is 24.0. The number of hydrogen-bond donors (Lipinski definition) is 1. The third kappa shape index (κ3) is 4.77. The van der Waals surface area contributed by atoms with Crippen LogP contribution in [0.1, 0.15) is 38.2 Å². The van der Waals surface area contributed by atoms with E-state index in [1.165, 1.54) is 0 Å². The second kappa shape index (κ2) is 8.75. The number of hydrogen-bond acceptors (Lipinski definition) is 6. The maximum Gasteiger partial charge on any atom is 0.223 e. The van der Waals surface area contributed by atoms with Crippen LogP contribution >= 0.6 is 0 Å². The van der Waals surface area contributed by atoms with Gasteiger partial charge in [-0.2, -0.15) is 5.26 Å². The number of rotatable bonds is 4. The molecule has 0 aliphatic carbocycles. The van der Waals surface area contributed by atoms with Crippen molar-refractivity contribution < 1.29 is 9.18 Å². The summed E-state index contributed by atoms with van der Waals surface area (Å²) in [7, 11) is 1.98. The number of halogens is 1. The smallest absolute Gasteiger partial charge is 0.223 e. The summed E-state index contributed by atoms with van der Waals surface area (Å²) in [5.74, 6) is 0.139. The molecule has 8 heteroatoms. The van der Waals surface area contributed by atoms with E-state index in [0.29, 0.717) is 55.0 Å². The van der Waals surface area contributed by atoms with E-state index < -0.39 is 5.67 Å². The fraction of sp³-hybridized carbons (Fsp3) is 0.565. The zero-order valence-electron chi connectivity index (χ0n) is 18.1. The summed E-state index contributed by atoms with van der Waals surface area (Å²) in [5.41, 5.74) is 1.27. The van der Waals surface area contributed by atoms with E-state index in [-0.39, 0.29) is 18.4 Å². The van der Waals surface area contributed by atoms with Gasteiger partial charge in [-0.1, -0.05) is 6.92 Å². The Morgan fingerprint density at radius 1 is 1.26 bits per heavy atom. The monoisotopic (exact) mass is 424 g/mol. The first-order valence-corrected chi connectivity index (χ1v) is 10.9. The zero-order chi connectivity index (χ0) is 22.0. The molecule has 1 aromatic heterocycles. The number of amides is 1. The second-order valence-corrected chi connectivity index (χ2v) is 9.14. The number of fused-ring (bicyclic) bond motifs is 1. The lowest BCUT2D eigenvalue weighted by atomic mass is 9.89. The number of nitriles is 1. The van der Waals surface area contributed by atoms with E-state index in [0.717, 1.165) is 18.7 Å². The molecule has 7 nitrogen and oxygen atoms in total. The summed E-state index contributed by atoms with van der Waals surface area (Å²) < 4.78 is 15.1. The minimum atomic E-state index is -1.41. The minimum Gasteiger partial charge on any atom is -0.367 e. The molecule has 2 aromatic rings. The summed E-state index contributed by atoms with van der Waals surface area (Å²) in [4.78, 5) is 25.8. The average molecular weight is 425 g/mol. The summed E-state index contributed by atoms with van der Waals surface area (Å²) in [6.45, 7) is 4.96. The predicted molar refractivity (Wildman–Crippen MR) is 117 cm³/mol. The summed E-state index contributed by atoms with van der Waals surface area (Å²) >= 11 is 0. The minimum absolute atomic E-state index is 0.0616. The molecule has 0 unspecified atom stereocenters. The second-order valence-electron chi connectivity index (χ2n) is 9.14. The number of anilines is 1. The van der Waals surface area contributed by atoms with Gasteiger partial charge in [-0.25, -0.2) is 4.39 Å². The van der Waals surface area contributed by atoms with E-state index in [4.69, 9.17) is 0 Å². The lowest BCUT2D eigenvalue weighted by Crippen LogP contribution is -2.52. The number of aromatic nitrogens is 2. The molecule has 0 spiro atoms. The molecular formula is C23H29FN6O.